The normalized spacial score (nSPS) is 17.3. The summed E-state index contributed by atoms with van der Waals surface area (Å²) < 4.78 is 6.85. The van der Waals surface area contributed by atoms with Gasteiger partial charge in [-0.05, 0) is 31.0 Å². The highest BCUT2D eigenvalue weighted by molar-refractivity contribution is 5.87. The maximum absolute atomic E-state index is 12.5. The van der Waals surface area contributed by atoms with Gasteiger partial charge in [-0.15, -0.1) is 0 Å². The third kappa shape index (κ3) is 3.96. The van der Waals surface area contributed by atoms with Crippen molar-refractivity contribution in [1.82, 2.24) is 14.3 Å². The third-order valence-electron chi connectivity index (χ3n) is 5.46. The molecular formula is C23H23N3O4. The van der Waals surface area contributed by atoms with Crippen molar-refractivity contribution in [2.24, 2.45) is 5.92 Å². The molecule has 0 radical (unpaired) electrons. The topological polar surface area (TPSA) is 81.0 Å². The van der Waals surface area contributed by atoms with Gasteiger partial charge in [0.05, 0.1) is 17.7 Å². The molecule has 0 unspecified atom stereocenters. The van der Waals surface area contributed by atoms with E-state index in [1.54, 1.807) is 17.2 Å². The molecule has 7 heteroatoms. The molecule has 1 amide bonds. The Labute approximate surface area is 173 Å². The highest BCUT2D eigenvalue weighted by Gasteiger charge is 2.37. The van der Waals surface area contributed by atoms with E-state index in [0.29, 0.717) is 17.9 Å². The fourth-order valence-corrected chi connectivity index (χ4v) is 3.77. The summed E-state index contributed by atoms with van der Waals surface area (Å²) in [4.78, 5) is 43.4. The lowest BCUT2D eigenvalue weighted by Gasteiger charge is -2.25. The number of carbonyl (C=O) groups is 2. The Balaban J connectivity index is 1.41. The summed E-state index contributed by atoms with van der Waals surface area (Å²) in [5.74, 6) is -1.03. The second-order valence-corrected chi connectivity index (χ2v) is 7.66. The maximum Gasteiger partial charge on any atom is 0.311 e. The number of fused-ring (bicyclic) bond motifs is 1. The lowest BCUT2D eigenvalue weighted by molar-refractivity contribution is -0.149. The molecule has 1 aliphatic heterocycles. The van der Waals surface area contributed by atoms with Crippen LogP contribution in [0, 0.1) is 12.8 Å². The van der Waals surface area contributed by atoms with Gasteiger partial charge < -0.3 is 9.64 Å². The molecule has 7 nitrogen and oxygen atoms in total. The number of likely N-dealkylation sites (tertiary alicyclic amines) is 1. The zero-order chi connectivity index (χ0) is 21.3. The SMILES string of the molecule is Cc1ccc2nc(COC(=O)[C@@H]3CC(=O)N([C@@H](C)c4ccccc4)C3)cc(=O)n2c1. The van der Waals surface area contributed by atoms with E-state index in [4.69, 9.17) is 4.74 Å². The molecule has 154 valence electrons. The van der Waals surface area contributed by atoms with Crippen LogP contribution in [0.2, 0.25) is 0 Å². The molecule has 1 aromatic carbocycles. The van der Waals surface area contributed by atoms with Crippen molar-refractivity contribution in [3.05, 3.63) is 81.9 Å². The average molecular weight is 405 g/mol. The second-order valence-electron chi connectivity index (χ2n) is 7.66. The maximum atomic E-state index is 12.5. The van der Waals surface area contributed by atoms with Crippen LogP contribution in [0.3, 0.4) is 0 Å². The van der Waals surface area contributed by atoms with E-state index in [0.717, 1.165) is 11.1 Å². The fraction of sp³-hybridized carbons (Fsp3) is 0.304. The summed E-state index contributed by atoms with van der Waals surface area (Å²) in [6.07, 6.45) is 1.84. The number of aromatic nitrogens is 2. The predicted molar refractivity (Wildman–Crippen MR) is 111 cm³/mol. The Morgan fingerprint density at radius 3 is 2.73 bits per heavy atom. The molecule has 3 aromatic rings. The number of esters is 1. The predicted octanol–water partition coefficient (Wildman–Crippen LogP) is 2.66. The van der Waals surface area contributed by atoms with Gasteiger partial charge in [0.1, 0.15) is 12.3 Å². The minimum atomic E-state index is -0.520. The number of carbonyl (C=O) groups excluding carboxylic acids is 2. The first-order chi connectivity index (χ1) is 14.4. The summed E-state index contributed by atoms with van der Waals surface area (Å²) in [7, 11) is 0. The highest BCUT2D eigenvalue weighted by atomic mass is 16.5. The number of aryl methyl sites for hydroxylation is 1. The molecule has 0 saturated carbocycles. The molecule has 4 rings (SSSR count). The minimum absolute atomic E-state index is 0.0641. The fourth-order valence-electron chi connectivity index (χ4n) is 3.77. The van der Waals surface area contributed by atoms with Crippen LogP contribution in [0.4, 0.5) is 0 Å². The van der Waals surface area contributed by atoms with Gasteiger partial charge in [-0.3, -0.25) is 18.8 Å². The van der Waals surface area contributed by atoms with Crippen LogP contribution >= 0.6 is 0 Å². The van der Waals surface area contributed by atoms with Crippen molar-refractivity contribution in [3.8, 4) is 0 Å². The minimum Gasteiger partial charge on any atom is -0.459 e. The largest absolute Gasteiger partial charge is 0.459 e. The highest BCUT2D eigenvalue weighted by Crippen LogP contribution is 2.29. The number of nitrogens with zero attached hydrogens (tertiary/aromatic N) is 3. The molecule has 3 heterocycles. The monoisotopic (exact) mass is 405 g/mol. The summed E-state index contributed by atoms with van der Waals surface area (Å²) in [6.45, 7) is 4.07. The van der Waals surface area contributed by atoms with Crippen LogP contribution in [-0.2, 0) is 20.9 Å². The molecule has 0 bridgehead atoms. The van der Waals surface area contributed by atoms with Crippen molar-refractivity contribution in [2.45, 2.75) is 32.9 Å². The van der Waals surface area contributed by atoms with E-state index < -0.39 is 11.9 Å². The molecule has 0 spiro atoms. The van der Waals surface area contributed by atoms with Crippen molar-refractivity contribution in [3.63, 3.8) is 0 Å². The van der Waals surface area contributed by atoms with Crippen LogP contribution < -0.4 is 5.56 Å². The molecule has 0 aliphatic carbocycles. The quantitative estimate of drug-likeness (QED) is 0.610. The summed E-state index contributed by atoms with van der Waals surface area (Å²) >= 11 is 0. The van der Waals surface area contributed by atoms with Crippen LogP contribution in [0.5, 0.6) is 0 Å². The van der Waals surface area contributed by atoms with E-state index in [2.05, 4.69) is 4.98 Å². The first-order valence-corrected chi connectivity index (χ1v) is 9.92. The standard InChI is InChI=1S/C23H23N3O4/c1-15-8-9-20-24-19(11-22(28)26(20)12-15)14-30-23(29)18-10-21(27)25(13-18)16(2)17-6-4-3-5-7-17/h3-9,11-12,16,18H,10,13-14H2,1-2H3/t16-,18+/m0/s1. The van der Waals surface area contributed by atoms with Crippen LogP contribution in [0.25, 0.3) is 5.65 Å². The zero-order valence-corrected chi connectivity index (χ0v) is 16.9. The Kier molecular flexibility index (Phi) is 5.35. The molecule has 30 heavy (non-hydrogen) atoms. The average Bonchev–Trinajstić information content (AvgIpc) is 3.14. The molecule has 1 fully saturated rings. The summed E-state index contributed by atoms with van der Waals surface area (Å²) in [6, 6.07) is 14.6. The summed E-state index contributed by atoms with van der Waals surface area (Å²) in [5.41, 5.74) is 2.63. The molecule has 0 N–H and O–H groups in total. The van der Waals surface area contributed by atoms with Gasteiger partial charge in [0.15, 0.2) is 0 Å². The molecule has 2 aromatic heterocycles. The van der Waals surface area contributed by atoms with Gasteiger partial charge in [0.25, 0.3) is 5.56 Å². The van der Waals surface area contributed by atoms with Gasteiger partial charge in [0.2, 0.25) is 5.91 Å². The number of rotatable bonds is 5. The number of amides is 1. The van der Waals surface area contributed by atoms with Crippen molar-refractivity contribution >= 4 is 17.5 Å². The summed E-state index contributed by atoms with van der Waals surface area (Å²) in [5, 5.41) is 0. The van der Waals surface area contributed by atoms with Crippen LogP contribution in [-0.4, -0.2) is 32.7 Å². The molecule has 1 saturated heterocycles. The Morgan fingerprint density at radius 1 is 1.20 bits per heavy atom. The van der Waals surface area contributed by atoms with Gasteiger partial charge in [0, 0.05) is 25.2 Å². The molecular weight excluding hydrogens is 382 g/mol. The zero-order valence-electron chi connectivity index (χ0n) is 16.9. The van der Waals surface area contributed by atoms with Crippen molar-refractivity contribution in [2.75, 3.05) is 6.54 Å². The first kappa shape index (κ1) is 19.8. The van der Waals surface area contributed by atoms with E-state index in [1.807, 2.05) is 50.2 Å². The number of benzene rings is 1. The third-order valence-corrected chi connectivity index (χ3v) is 5.46. The number of hydrogen-bond acceptors (Lipinski definition) is 5. The van der Waals surface area contributed by atoms with E-state index in [1.165, 1.54) is 10.5 Å². The smallest absolute Gasteiger partial charge is 0.311 e. The Bertz CT molecular complexity index is 1160. The van der Waals surface area contributed by atoms with Crippen molar-refractivity contribution in [1.29, 1.82) is 0 Å². The Morgan fingerprint density at radius 2 is 1.97 bits per heavy atom. The van der Waals surface area contributed by atoms with Gasteiger partial charge in [-0.1, -0.05) is 36.4 Å². The molecule has 2 atom stereocenters. The van der Waals surface area contributed by atoms with Gasteiger partial charge in [-0.25, -0.2) is 4.98 Å². The van der Waals surface area contributed by atoms with E-state index in [-0.39, 0.29) is 30.5 Å². The van der Waals surface area contributed by atoms with E-state index >= 15 is 0 Å². The number of ether oxygens (including phenoxy) is 1. The first-order valence-electron chi connectivity index (χ1n) is 9.92. The van der Waals surface area contributed by atoms with Gasteiger partial charge >= 0.3 is 5.97 Å². The molecule has 1 aliphatic rings. The van der Waals surface area contributed by atoms with E-state index in [9.17, 15) is 14.4 Å². The number of hydrogen-bond donors (Lipinski definition) is 0. The number of pyridine rings is 1. The van der Waals surface area contributed by atoms with Crippen molar-refractivity contribution < 1.29 is 14.3 Å². The second kappa shape index (κ2) is 8.10. The van der Waals surface area contributed by atoms with Gasteiger partial charge in [-0.2, -0.15) is 0 Å². The lowest BCUT2D eigenvalue weighted by atomic mass is 10.1. The Hall–Kier alpha value is -3.48. The van der Waals surface area contributed by atoms with Crippen LogP contribution in [0.15, 0.2) is 59.5 Å². The van der Waals surface area contributed by atoms with Crippen LogP contribution in [0.1, 0.15) is 36.2 Å². The lowest BCUT2D eigenvalue weighted by Crippen LogP contribution is -2.29.